The van der Waals surface area contributed by atoms with Crippen LogP contribution in [0.25, 0.3) is 32.2 Å². The second kappa shape index (κ2) is 9.32. The number of aryl methyl sites for hydroxylation is 1. The summed E-state index contributed by atoms with van der Waals surface area (Å²) in [4.78, 5) is 13.4. The Morgan fingerprint density at radius 3 is 2.94 bits per heavy atom. The maximum Gasteiger partial charge on any atom is 0.240 e. The maximum atomic E-state index is 14.8. The summed E-state index contributed by atoms with van der Waals surface area (Å²) < 4.78 is 29.4. The number of hydrogen-bond acceptors (Lipinski definition) is 9. The summed E-state index contributed by atoms with van der Waals surface area (Å²) in [5.41, 5.74) is 5.88. The summed E-state index contributed by atoms with van der Waals surface area (Å²) in [6, 6.07) is 9.77. The van der Waals surface area contributed by atoms with Crippen LogP contribution < -0.4 is 20.1 Å². The number of aromatic nitrogens is 5. The van der Waals surface area contributed by atoms with E-state index in [9.17, 15) is 4.39 Å². The highest BCUT2D eigenvalue weighted by molar-refractivity contribution is 7.16. The van der Waals surface area contributed by atoms with Gasteiger partial charge in [-0.2, -0.15) is 0 Å². The number of hydrogen-bond donors (Lipinski definition) is 2. The van der Waals surface area contributed by atoms with E-state index in [0.29, 0.717) is 41.3 Å². The summed E-state index contributed by atoms with van der Waals surface area (Å²) in [7, 11) is 3.41. The molecule has 4 heterocycles. The van der Waals surface area contributed by atoms with Crippen LogP contribution in [-0.2, 0) is 7.05 Å². The van der Waals surface area contributed by atoms with Crippen LogP contribution in [0.1, 0.15) is 6.42 Å². The number of anilines is 2. The summed E-state index contributed by atoms with van der Waals surface area (Å²) in [6.45, 7) is 0.949. The fourth-order valence-electron chi connectivity index (χ4n) is 4.48. The van der Waals surface area contributed by atoms with Crippen molar-refractivity contribution in [2.24, 2.45) is 7.05 Å². The predicted octanol–water partition coefficient (Wildman–Crippen LogP) is 4.47. The normalized spacial score (nSPS) is 18.0. The molecule has 1 aliphatic heterocycles. The number of nitrogens with one attached hydrogen (secondary N) is 2. The van der Waals surface area contributed by atoms with Gasteiger partial charge in [0.25, 0.3) is 0 Å². The number of halogens is 1. The summed E-state index contributed by atoms with van der Waals surface area (Å²) in [6.07, 6.45) is 2.23. The average molecular weight is 506 g/mol. The van der Waals surface area contributed by atoms with E-state index in [2.05, 4.69) is 30.7 Å². The molecular formula is C25H24FN7O2S. The minimum Gasteiger partial charge on any atom is -0.486 e. The number of benzene rings is 2. The first-order chi connectivity index (χ1) is 17.6. The minimum absolute atomic E-state index is 0.259. The van der Waals surface area contributed by atoms with E-state index in [-0.39, 0.29) is 6.54 Å². The van der Waals surface area contributed by atoms with E-state index in [0.717, 1.165) is 27.0 Å². The molecule has 1 aliphatic rings. The molecule has 184 valence electrons. The molecule has 0 radical (unpaired) electrons. The van der Waals surface area contributed by atoms with Gasteiger partial charge in [-0.25, -0.2) is 19.3 Å². The Bertz CT molecular complexity index is 1550. The molecule has 0 aliphatic carbocycles. The highest BCUT2D eigenvalue weighted by Gasteiger charge is 2.28. The molecule has 36 heavy (non-hydrogen) atoms. The van der Waals surface area contributed by atoms with E-state index in [1.807, 2.05) is 49.1 Å². The molecule has 3 aromatic heterocycles. The van der Waals surface area contributed by atoms with E-state index < -0.39 is 12.3 Å². The lowest BCUT2D eigenvalue weighted by molar-refractivity contribution is 0.0744. The molecule has 0 saturated carbocycles. The number of nitrogens with zero attached hydrogens (tertiary/aromatic N) is 5. The van der Waals surface area contributed by atoms with Gasteiger partial charge in [0.05, 0.1) is 39.3 Å². The Morgan fingerprint density at radius 2 is 2.08 bits per heavy atom. The zero-order chi connectivity index (χ0) is 24.6. The van der Waals surface area contributed by atoms with Gasteiger partial charge in [-0.3, -0.25) is 4.68 Å². The molecule has 9 nitrogen and oxygen atoms in total. The van der Waals surface area contributed by atoms with Crippen LogP contribution >= 0.6 is 11.3 Å². The first-order valence-electron chi connectivity index (χ1n) is 11.6. The van der Waals surface area contributed by atoms with Gasteiger partial charge in [-0.15, -0.1) is 16.4 Å². The maximum absolute atomic E-state index is 14.8. The number of thiazole rings is 1. The van der Waals surface area contributed by atoms with Crippen molar-refractivity contribution < 1.29 is 13.9 Å². The standard InChI is InChI=1S/C25H24FN7O2S/c1-33-11-16(25(32-33)34-2)14-7-19-23(21(8-14)35-20-5-6-27-10-17(20)26)24(29-12-28-19)31-15-3-4-18-22(9-15)36-13-30-18/h3-4,7-9,11-13,17,20,27H,5-6,10H2,1-2H3,(H,28,29,31)/t17-,20-/m1/s1. The van der Waals surface area contributed by atoms with Crippen LogP contribution in [0.4, 0.5) is 15.9 Å². The summed E-state index contributed by atoms with van der Waals surface area (Å²) in [5, 5.41) is 11.5. The molecule has 2 N–H and O–H groups in total. The van der Waals surface area contributed by atoms with E-state index in [4.69, 9.17) is 9.47 Å². The van der Waals surface area contributed by atoms with Crippen molar-refractivity contribution in [1.29, 1.82) is 0 Å². The molecule has 1 saturated heterocycles. The topological polar surface area (TPSA) is 99.0 Å². The largest absolute Gasteiger partial charge is 0.486 e. The third-order valence-electron chi connectivity index (χ3n) is 6.22. The molecule has 1 fully saturated rings. The van der Waals surface area contributed by atoms with Gasteiger partial charge >= 0.3 is 0 Å². The highest BCUT2D eigenvalue weighted by Crippen LogP contribution is 2.39. The van der Waals surface area contributed by atoms with Crippen molar-refractivity contribution in [3.05, 3.63) is 48.4 Å². The minimum atomic E-state index is -1.12. The molecule has 0 bridgehead atoms. The fourth-order valence-corrected chi connectivity index (χ4v) is 5.19. The highest BCUT2D eigenvalue weighted by atomic mass is 32.1. The Hall–Kier alpha value is -3.83. The summed E-state index contributed by atoms with van der Waals surface area (Å²) >= 11 is 1.57. The number of ether oxygens (including phenoxy) is 2. The van der Waals surface area contributed by atoms with Gasteiger partial charge in [0.15, 0.2) is 0 Å². The average Bonchev–Trinajstić information content (AvgIpc) is 3.51. The van der Waals surface area contributed by atoms with Crippen LogP contribution in [0.3, 0.4) is 0 Å². The van der Waals surface area contributed by atoms with Gasteiger partial charge in [0, 0.05) is 25.5 Å². The second-order valence-electron chi connectivity index (χ2n) is 8.64. The smallest absolute Gasteiger partial charge is 0.240 e. The Morgan fingerprint density at radius 1 is 1.17 bits per heavy atom. The lowest BCUT2D eigenvalue weighted by Gasteiger charge is -2.28. The van der Waals surface area contributed by atoms with Crippen LogP contribution in [-0.4, -0.2) is 57.2 Å². The van der Waals surface area contributed by atoms with Crippen LogP contribution in [0.5, 0.6) is 11.6 Å². The zero-order valence-electron chi connectivity index (χ0n) is 19.7. The third-order valence-corrected chi connectivity index (χ3v) is 7.01. The number of fused-ring (bicyclic) bond motifs is 2. The van der Waals surface area contributed by atoms with Crippen molar-refractivity contribution in [1.82, 2.24) is 30.0 Å². The number of methoxy groups -OCH3 is 1. The SMILES string of the molecule is COc1nn(C)cc1-c1cc(O[C@@H]2CCNC[C@H]2F)c2c(Nc3ccc4ncsc4c3)ncnc2c1. The molecule has 2 aromatic carbocycles. The van der Waals surface area contributed by atoms with Gasteiger partial charge < -0.3 is 20.1 Å². The zero-order valence-corrected chi connectivity index (χ0v) is 20.6. The van der Waals surface area contributed by atoms with Crippen LogP contribution in [0, 0.1) is 0 Å². The fraction of sp³-hybridized carbons (Fsp3) is 0.280. The Labute approximate surface area is 210 Å². The molecule has 11 heteroatoms. The van der Waals surface area contributed by atoms with E-state index >= 15 is 0 Å². The van der Waals surface area contributed by atoms with Crippen molar-refractivity contribution in [3.63, 3.8) is 0 Å². The molecule has 5 aromatic rings. The number of piperidine rings is 1. The molecule has 0 spiro atoms. The van der Waals surface area contributed by atoms with Crippen LogP contribution in [0.15, 0.2) is 48.4 Å². The van der Waals surface area contributed by atoms with Crippen molar-refractivity contribution >= 4 is 44.0 Å². The van der Waals surface area contributed by atoms with Gasteiger partial charge in [-0.05, 0) is 48.9 Å². The molecule has 2 atom stereocenters. The van der Waals surface area contributed by atoms with E-state index in [1.54, 1.807) is 23.1 Å². The lowest BCUT2D eigenvalue weighted by Crippen LogP contribution is -2.44. The molecular weight excluding hydrogens is 481 g/mol. The molecule has 6 rings (SSSR count). The van der Waals surface area contributed by atoms with Gasteiger partial charge in [0.1, 0.15) is 30.2 Å². The number of alkyl halides is 1. The quantitative estimate of drug-likeness (QED) is 0.349. The lowest BCUT2D eigenvalue weighted by atomic mass is 10.0. The van der Waals surface area contributed by atoms with Crippen LogP contribution in [0.2, 0.25) is 0 Å². The predicted molar refractivity (Wildman–Crippen MR) is 138 cm³/mol. The van der Waals surface area contributed by atoms with Crippen molar-refractivity contribution in [2.45, 2.75) is 18.7 Å². The monoisotopic (exact) mass is 505 g/mol. The Balaban J connectivity index is 1.48. The van der Waals surface area contributed by atoms with Gasteiger partial charge in [0.2, 0.25) is 5.88 Å². The summed E-state index contributed by atoms with van der Waals surface area (Å²) in [5.74, 6) is 1.57. The van der Waals surface area contributed by atoms with Crippen molar-refractivity contribution in [3.8, 4) is 22.8 Å². The first-order valence-corrected chi connectivity index (χ1v) is 12.5. The number of rotatable bonds is 6. The Kier molecular flexibility index (Phi) is 5.86. The third kappa shape index (κ3) is 4.20. The molecule has 0 amide bonds. The van der Waals surface area contributed by atoms with E-state index in [1.165, 1.54) is 6.33 Å². The van der Waals surface area contributed by atoms with Gasteiger partial charge in [-0.1, -0.05) is 0 Å². The molecule has 0 unspecified atom stereocenters. The second-order valence-corrected chi connectivity index (χ2v) is 9.53. The van der Waals surface area contributed by atoms with Crippen molar-refractivity contribution in [2.75, 3.05) is 25.5 Å². The first kappa shape index (κ1) is 22.6.